The minimum Gasteiger partial charge on any atom is -0.339 e. The van der Waals surface area contributed by atoms with Crippen LogP contribution in [0.4, 0.5) is 10.1 Å². The normalized spacial score (nSPS) is 18.6. The van der Waals surface area contributed by atoms with Gasteiger partial charge < -0.3 is 4.90 Å². The summed E-state index contributed by atoms with van der Waals surface area (Å²) in [7, 11) is 0. The first kappa shape index (κ1) is 16.1. The van der Waals surface area contributed by atoms with Crippen molar-refractivity contribution < 1.29 is 14.1 Å². The van der Waals surface area contributed by atoms with Crippen LogP contribution in [0.25, 0.3) is 6.08 Å². The molecule has 1 amide bonds. The summed E-state index contributed by atoms with van der Waals surface area (Å²) in [5.74, 6) is -0.306. The monoisotopic (exact) mass is 306 g/mol. The maximum atomic E-state index is 13.1. The fourth-order valence-corrected chi connectivity index (χ4v) is 2.68. The van der Waals surface area contributed by atoms with Gasteiger partial charge in [-0.2, -0.15) is 0 Å². The van der Waals surface area contributed by atoms with E-state index in [1.54, 1.807) is 4.90 Å². The molecule has 5 nitrogen and oxygen atoms in total. The van der Waals surface area contributed by atoms with Crippen LogP contribution < -0.4 is 0 Å². The second-order valence-corrected chi connectivity index (χ2v) is 5.49. The van der Waals surface area contributed by atoms with Gasteiger partial charge in [-0.25, -0.2) is 4.39 Å². The maximum absolute atomic E-state index is 13.1. The average Bonchev–Trinajstić information content (AvgIpc) is 2.53. The van der Waals surface area contributed by atoms with E-state index in [1.807, 2.05) is 0 Å². The molecule has 1 heterocycles. The van der Waals surface area contributed by atoms with Crippen LogP contribution >= 0.6 is 0 Å². The molecule has 1 fully saturated rings. The largest absolute Gasteiger partial charge is 0.339 e. The number of piperidine rings is 1. The number of nitro benzene ring substituents is 1. The number of hydrogen-bond acceptors (Lipinski definition) is 3. The third kappa shape index (κ3) is 3.90. The Morgan fingerprint density at radius 3 is 3.00 bits per heavy atom. The molecule has 6 heteroatoms. The molecule has 1 aromatic carbocycles. The predicted octanol–water partition coefficient (Wildman–Crippen LogP) is 3.40. The highest BCUT2D eigenvalue weighted by Gasteiger charge is 2.21. The van der Waals surface area contributed by atoms with Gasteiger partial charge in [0.15, 0.2) is 0 Å². The lowest BCUT2D eigenvalue weighted by Crippen LogP contribution is -2.38. The minimum atomic E-state index is -0.669. The molecule has 0 spiro atoms. The summed E-state index contributed by atoms with van der Waals surface area (Å²) in [4.78, 5) is 24.2. The van der Waals surface area contributed by atoms with Gasteiger partial charge in [-0.05, 0) is 37.0 Å². The highest BCUT2D eigenvalue weighted by atomic mass is 19.1. The molecule has 1 unspecified atom stereocenters. The molecule has 22 heavy (non-hydrogen) atoms. The summed E-state index contributed by atoms with van der Waals surface area (Å²) in [6, 6.07) is 3.31. The fraction of sp³-hybridized carbons (Fsp3) is 0.438. The van der Waals surface area contributed by atoms with Crippen molar-refractivity contribution in [3.8, 4) is 0 Å². The van der Waals surface area contributed by atoms with Crippen LogP contribution in [0.1, 0.15) is 31.7 Å². The van der Waals surface area contributed by atoms with Crippen molar-refractivity contribution in [2.75, 3.05) is 13.1 Å². The molecule has 0 radical (unpaired) electrons. The first-order valence-corrected chi connectivity index (χ1v) is 7.42. The standard InChI is InChI=1S/C16H19FN2O3/c1-2-12-4-3-9-18(11-12)16(20)8-6-13-5-7-14(17)10-15(13)19(21)22/h5-8,10,12H,2-4,9,11H2,1H3. The third-order valence-electron chi connectivity index (χ3n) is 4.00. The van der Waals surface area contributed by atoms with Gasteiger partial charge in [0.1, 0.15) is 5.82 Å². The van der Waals surface area contributed by atoms with Crippen LogP contribution in [0.2, 0.25) is 0 Å². The molecule has 1 aliphatic heterocycles. The van der Waals surface area contributed by atoms with Gasteiger partial charge in [0, 0.05) is 19.2 Å². The topological polar surface area (TPSA) is 63.5 Å². The number of halogens is 1. The van der Waals surface area contributed by atoms with Gasteiger partial charge in [0.05, 0.1) is 16.6 Å². The number of likely N-dealkylation sites (tertiary alicyclic amines) is 1. The van der Waals surface area contributed by atoms with Gasteiger partial charge in [-0.1, -0.05) is 13.3 Å². The zero-order chi connectivity index (χ0) is 16.1. The smallest absolute Gasteiger partial charge is 0.279 e. The van der Waals surface area contributed by atoms with Crippen LogP contribution in [0.15, 0.2) is 24.3 Å². The molecule has 0 N–H and O–H groups in total. The Bertz CT molecular complexity index is 601. The first-order chi connectivity index (χ1) is 10.5. The number of rotatable bonds is 4. The molecule has 118 valence electrons. The van der Waals surface area contributed by atoms with Gasteiger partial charge in [0.25, 0.3) is 5.69 Å². The molecule has 0 bridgehead atoms. The number of nitro groups is 1. The molecule has 1 aliphatic rings. The Balaban J connectivity index is 2.11. The van der Waals surface area contributed by atoms with E-state index in [9.17, 15) is 19.3 Å². The number of amides is 1. The van der Waals surface area contributed by atoms with Crippen LogP contribution in [-0.2, 0) is 4.79 Å². The van der Waals surface area contributed by atoms with Crippen LogP contribution in [-0.4, -0.2) is 28.8 Å². The maximum Gasteiger partial charge on any atom is 0.279 e. The van der Waals surface area contributed by atoms with Gasteiger partial charge in [-0.3, -0.25) is 14.9 Å². The van der Waals surface area contributed by atoms with Crippen molar-refractivity contribution in [3.05, 3.63) is 45.8 Å². The lowest BCUT2D eigenvalue weighted by Gasteiger charge is -2.31. The molecule has 1 aromatic rings. The summed E-state index contributed by atoms with van der Waals surface area (Å²) in [6.45, 7) is 3.55. The van der Waals surface area contributed by atoms with Crippen molar-refractivity contribution in [2.24, 2.45) is 5.92 Å². The van der Waals surface area contributed by atoms with E-state index >= 15 is 0 Å². The zero-order valence-electron chi connectivity index (χ0n) is 12.5. The molecule has 0 aliphatic carbocycles. The van der Waals surface area contributed by atoms with E-state index in [0.29, 0.717) is 12.5 Å². The second-order valence-electron chi connectivity index (χ2n) is 5.49. The van der Waals surface area contributed by atoms with E-state index in [1.165, 1.54) is 18.2 Å². The van der Waals surface area contributed by atoms with Crippen LogP contribution in [0, 0.1) is 21.8 Å². The van der Waals surface area contributed by atoms with Crippen molar-refractivity contribution in [1.29, 1.82) is 0 Å². The molecule has 1 saturated heterocycles. The Kier molecular flexibility index (Phi) is 5.25. The van der Waals surface area contributed by atoms with Gasteiger partial charge in [0.2, 0.25) is 5.91 Å². The Labute approximate surface area is 128 Å². The summed E-state index contributed by atoms with van der Waals surface area (Å²) in [5, 5.41) is 10.9. The van der Waals surface area contributed by atoms with Crippen molar-refractivity contribution >= 4 is 17.7 Å². The second kappa shape index (κ2) is 7.15. The lowest BCUT2D eigenvalue weighted by molar-refractivity contribution is -0.385. The number of benzene rings is 1. The molecule has 2 rings (SSSR count). The SMILES string of the molecule is CCC1CCCN(C(=O)C=Cc2ccc(F)cc2[N+](=O)[O-])C1. The van der Waals surface area contributed by atoms with Crippen molar-refractivity contribution in [2.45, 2.75) is 26.2 Å². The lowest BCUT2D eigenvalue weighted by atomic mass is 9.95. The van der Waals surface area contributed by atoms with E-state index in [4.69, 9.17) is 0 Å². The van der Waals surface area contributed by atoms with Crippen molar-refractivity contribution in [3.63, 3.8) is 0 Å². The average molecular weight is 306 g/mol. The number of hydrogen-bond donors (Lipinski definition) is 0. The summed E-state index contributed by atoms with van der Waals surface area (Å²) >= 11 is 0. The van der Waals surface area contributed by atoms with Crippen molar-refractivity contribution in [1.82, 2.24) is 4.90 Å². The highest BCUT2D eigenvalue weighted by Crippen LogP contribution is 2.22. The Hall–Kier alpha value is -2.24. The summed E-state index contributed by atoms with van der Waals surface area (Å²) < 4.78 is 13.1. The van der Waals surface area contributed by atoms with Gasteiger partial charge >= 0.3 is 0 Å². The predicted molar refractivity (Wildman–Crippen MR) is 81.7 cm³/mol. The minimum absolute atomic E-state index is 0.156. The highest BCUT2D eigenvalue weighted by molar-refractivity contribution is 5.92. The Morgan fingerprint density at radius 2 is 2.32 bits per heavy atom. The molecule has 0 saturated carbocycles. The molecule has 1 atom stereocenters. The summed E-state index contributed by atoms with van der Waals surface area (Å²) in [6.07, 6.45) is 5.87. The number of carbonyl (C=O) groups is 1. The quantitative estimate of drug-likeness (QED) is 0.486. The van der Waals surface area contributed by atoms with Crippen LogP contribution in [0.3, 0.4) is 0 Å². The summed E-state index contributed by atoms with van der Waals surface area (Å²) in [5.41, 5.74) is -0.113. The van der Waals surface area contributed by atoms with E-state index in [0.717, 1.165) is 37.9 Å². The third-order valence-corrected chi connectivity index (χ3v) is 4.00. The Morgan fingerprint density at radius 1 is 1.55 bits per heavy atom. The molecular formula is C16H19FN2O3. The number of nitrogens with zero attached hydrogens (tertiary/aromatic N) is 2. The van der Waals surface area contributed by atoms with Crippen LogP contribution in [0.5, 0.6) is 0 Å². The van der Waals surface area contributed by atoms with Gasteiger partial charge in [-0.15, -0.1) is 0 Å². The fourth-order valence-electron chi connectivity index (χ4n) is 2.68. The molecule has 0 aromatic heterocycles. The van der Waals surface area contributed by atoms with E-state index in [2.05, 4.69) is 6.92 Å². The van der Waals surface area contributed by atoms with E-state index in [-0.39, 0.29) is 17.2 Å². The first-order valence-electron chi connectivity index (χ1n) is 7.42. The number of carbonyl (C=O) groups excluding carboxylic acids is 1. The molecular weight excluding hydrogens is 287 g/mol. The zero-order valence-corrected chi connectivity index (χ0v) is 12.5. The van der Waals surface area contributed by atoms with E-state index < -0.39 is 10.7 Å².